The van der Waals surface area contributed by atoms with Gasteiger partial charge in [0, 0.05) is 39.6 Å². The molecule has 5 nitrogen and oxygen atoms in total. The second-order valence-electron chi connectivity index (χ2n) is 9.77. The van der Waals surface area contributed by atoms with Crippen LogP contribution in [0, 0.1) is 17.3 Å². The third-order valence-corrected chi connectivity index (χ3v) is 8.73. The number of aliphatic carboxylic acids is 1. The highest BCUT2D eigenvalue weighted by atomic mass is 35.5. The van der Waals surface area contributed by atoms with E-state index in [0.717, 1.165) is 21.7 Å². The summed E-state index contributed by atoms with van der Waals surface area (Å²) in [6.07, 6.45) is 9.73. The van der Waals surface area contributed by atoms with Crippen LogP contribution >= 0.6 is 22.9 Å². The number of fused-ring (bicyclic) bond motifs is 1. The summed E-state index contributed by atoms with van der Waals surface area (Å²) < 4.78 is 7.03. The minimum Gasteiger partial charge on any atom is -0.481 e. The molecule has 7 heteroatoms. The van der Waals surface area contributed by atoms with Crippen LogP contribution in [-0.4, -0.2) is 40.3 Å². The van der Waals surface area contributed by atoms with Crippen molar-refractivity contribution in [2.24, 2.45) is 17.3 Å². The maximum Gasteiger partial charge on any atom is 0.303 e. The van der Waals surface area contributed by atoms with E-state index in [0.29, 0.717) is 19.3 Å². The molecule has 2 fully saturated rings. The van der Waals surface area contributed by atoms with Gasteiger partial charge in [-0.25, -0.2) is 0 Å². The first-order valence-electron chi connectivity index (χ1n) is 11.8. The number of aliphatic hydroxyl groups excluding tert-OH is 1. The molecule has 1 aliphatic carbocycles. The Hall–Kier alpha value is -1.99. The number of halogens is 1. The first-order valence-corrected chi connectivity index (χ1v) is 13.0. The highest BCUT2D eigenvalue weighted by Crippen LogP contribution is 2.45. The zero-order valence-corrected chi connectivity index (χ0v) is 21.0. The Bertz CT molecular complexity index is 1120. The van der Waals surface area contributed by atoms with Crippen molar-refractivity contribution in [1.29, 1.82) is 0 Å². The number of Topliss-reactive ketones (excluding diaryl/α,β-unsaturated/α-hetero) is 1. The van der Waals surface area contributed by atoms with Crippen LogP contribution < -0.4 is 0 Å². The van der Waals surface area contributed by atoms with Crippen molar-refractivity contribution in [3.63, 3.8) is 0 Å². The smallest absolute Gasteiger partial charge is 0.303 e. The number of thiophene rings is 1. The van der Waals surface area contributed by atoms with Crippen molar-refractivity contribution >= 4 is 44.8 Å². The fourth-order valence-corrected chi connectivity index (χ4v) is 6.39. The van der Waals surface area contributed by atoms with Gasteiger partial charge >= 0.3 is 5.97 Å². The molecule has 2 aromatic rings. The molecule has 2 aliphatic rings. The molecule has 1 saturated heterocycles. The molecule has 1 aromatic carbocycles. The molecule has 0 bridgehead atoms. The van der Waals surface area contributed by atoms with Gasteiger partial charge < -0.3 is 14.9 Å². The number of ether oxygens (including phenoxy) is 1. The van der Waals surface area contributed by atoms with Gasteiger partial charge in [0.05, 0.1) is 22.6 Å². The minimum absolute atomic E-state index is 0.0421. The molecule has 0 amide bonds. The lowest BCUT2D eigenvalue weighted by atomic mass is 9.86. The molecule has 4 rings (SSSR count). The number of ketones is 1. The van der Waals surface area contributed by atoms with Crippen molar-refractivity contribution < 1.29 is 24.5 Å². The number of rotatable bonds is 10. The van der Waals surface area contributed by atoms with E-state index >= 15 is 0 Å². The van der Waals surface area contributed by atoms with Crippen LogP contribution in [0.3, 0.4) is 0 Å². The van der Waals surface area contributed by atoms with Gasteiger partial charge in [0.2, 0.25) is 0 Å². The second kappa shape index (κ2) is 10.3. The van der Waals surface area contributed by atoms with Gasteiger partial charge in [0.25, 0.3) is 0 Å². The van der Waals surface area contributed by atoms with Gasteiger partial charge in [-0.1, -0.05) is 68.0 Å². The largest absolute Gasteiger partial charge is 0.481 e. The van der Waals surface area contributed by atoms with Crippen LogP contribution in [0.2, 0.25) is 5.02 Å². The zero-order valence-electron chi connectivity index (χ0n) is 19.4. The van der Waals surface area contributed by atoms with Crippen LogP contribution in [0.15, 0.2) is 48.6 Å². The number of hydrogen-bond acceptors (Lipinski definition) is 5. The predicted molar refractivity (Wildman–Crippen MR) is 135 cm³/mol. The minimum atomic E-state index is -0.801. The lowest BCUT2D eigenvalue weighted by Gasteiger charge is -2.22. The quantitative estimate of drug-likeness (QED) is 0.242. The average molecular weight is 503 g/mol. The van der Waals surface area contributed by atoms with E-state index in [2.05, 4.69) is 6.07 Å². The van der Waals surface area contributed by atoms with Crippen molar-refractivity contribution in [2.75, 3.05) is 0 Å². The van der Waals surface area contributed by atoms with E-state index in [9.17, 15) is 14.7 Å². The Labute approximate surface area is 209 Å². The van der Waals surface area contributed by atoms with E-state index in [-0.39, 0.29) is 36.2 Å². The average Bonchev–Trinajstić information content (AvgIpc) is 3.43. The first kappa shape index (κ1) is 25.1. The molecule has 1 aliphatic heterocycles. The molecule has 34 heavy (non-hydrogen) atoms. The van der Waals surface area contributed by atoms with Crippen molar-refractivity contribution in [2.45, 2.75) is 64.3 Å². The molecule has 0 spiro atoms. The van der Waals surface area contributed by atoms with Crippen LogP contribution in [-0.2, 0) is 20.7 Å². The summed E-state index contributed by atoms with van der Waals surface area (Å²) in [7, 11) is 0. The molecule has 2 heterocycles. The number of epoxide rings is 1. The fraction of sp³-hybridized carbons (Fsp3) is 0.481. The standard InChI is InChI=1S/C27H31ClO5S/c1-27(2)25(31)16(9-5-3-4-6-12-23(29)30)17(26(27)32)13-14-19-20(33-19)15-22-24(28)18-10-7-8-11-21(18)34-22/h3,5,7-8,10-11,13-14,16-17,19-20,26,32H,4,6,9,12,15H2,1-2H3,(H,29,30). The van der Waals surface area contributed by atoms with Crippen molar-refractivity contribution in [3.05, 3.63) is 58.5 Å². The molecular weight excluding hydrogens is 472 g/mol. The summed E-state index contributed by atoms with van der Waals surface area (Å²) in [5, 5.41) is 21.5. The third kappa shape index (κ3) is 5.30. The number of allylic oxidation sites excluding steroid dienone is 2. The molecule has 1 saturated carbocycles. The Morgan fingerprint density at radius 1 is 1.24 bits per heavy atom. The maximum atomic E-state index is 13.0. The van der Waals surface area contributed by atoms with E-state index in [4.69, 9.17) is 21.4 Å². The molecule has 2 N–H and O–H groups in total. The lowest BCUT2D eigenvalue weighted by molar-refractivity contribution is -0.137. The Morgan fingerprint density at radius 2 is 2.00 bits per heavy atom. The molecule has 1 aromatic heterocycles. The van der Waals surface area contributed by atoms with Gasteiger partial charge in [0.15, 0.2) is 0 Å². The van der Waals surface area contributed by atoms with Crippen molar-refractivity contribution in [1.82, 2.24) is 0 Å². The topological polar surface area (TPSA) is 87.1 Å². The highest BCUT2D eigenvalue weighted by molar-refractivity contribution is 7.19. The first-order chi connectivity index (χ1) is 16.2. The number of benzene rings is 1. The molecule has 5 atom stereocenters. The highest BCUT2D eigenvalue weighted by Gasteiger charge is 2.53. The summed E-state index contributed by atoms with van der Waals surface area (Å²) >= 11 is 8.26. The van der Waals surface area contributed by atoms with Gasteiger partial charge in [-0.15, -0.1) is 11.3 Å². The number of aliphatic hydroxyl groups is 1. The molecular formula is C27H31ClO5S. The van der Waals surface area contributed by atoms with E-state index in [1.807, 2.05) is 42.5 Å². The van der Waals surface area contributed by atoms with E-state index < -0.39 is 17.5 Å². The zero-order chi connectivity index (χ0) is 24.5. The number of unbranched alkanes of at least 4 members (excludes halogenated alkanes) is 1. The summed E-state index contributed by atoms with van der Waals surface area (Å²) in [6.45, 7) is 3.61. The summed E-state index contributed by atoms with van der Waals surface area (Å²) in [5.74, 6) is -1.31. The summed E-state index contributed by atoms with van der Waals surface area (Å²) in [4.78, 5) is 24.7. The van der Waals surface area contributed by atoms with Crippen molar-refractivity contribution in [3.8, 4) is 0 Å². The second-order valence-corrected chi connectivity index (χ2v) is 11.3. The Kier molecular flexibility index (Phi) is 7.63. The fourth-order valence-electron chi connectivity index (χ4n) is 4.84. The maximum absolute atomic E-state index is 13.0. The van der Waals surface area contributed by atoms with Gasteiger partial charge in [-0.2, -0.15) is 0 Å². The number of carboxylic acid groups (broad SMARTS) is 1. The van der Waals surface area contributed by atoms with Crippen LogP contribution in [0.25, 0.3) is 10.1 Å². The molecule has 5 unspecified atom stereocenters. The van der Waals surface area contributed by atoms with Gasteiger partial charge in [-0.05, 0) is 25.3 Å². The summed E-state index contributed by atoms with van der Waals surface area (Å²) in [6, 6.07) is 8.10. The Balaban J connectivity index is 1.37. The Morgan fingerprint density at radius 3 is 2.74 bits per heavy atom. The monoisotopic (exact) mass is 502 g/mol. The SMILES string of the molecule is CC1(C)C(=O)C(CC=CCCCC(=O)O)C(C=CC2OC2Cc2sc3ccccc3c2Cl)C1O. The number of carbonyl (C=O) groups excluding carboxylic acids is 1. The number of carboxylic acids is 1. The predicted octanol–water partition coefficient (Wildman–Crippen LogP) is 5.82. The van der Waals surface area contributed by atoms with Crippen LogP contribution in [0.4, 0.5) is 0 Å². The summed E-state index contributed by atoms with van der Waals surface area (Å²) in [5.41, 5.74) is -0.800. The van der Waals surface area contributed by atoms with Gasteiger partial charge in [0.1, 0.15) is 11.9 Å². The van der Waals surface area contributed by atoms with Crippen LogP contribution in [0.5, 0.6) is 0 Å². The van der Waals surface area contributed by atoms with E-state index in [1.165, 1.54) is 4.70 Å². The molecule has 0 radical (unpaired) electrons. The van der Waals surface area contributed by atoms with E-state index in [1.54, 1.807) is 25.2 Å². The lowest BCUT2D eigenvalue weighted by Crippen LogP contribution is -2.31. The number of hydrogen-bond donors (Lipinski definition) is 2. The normalized spacial score (nSPS) is 28.5. The van der Waals surface area contributed by atoms with Gasteiger partial charge in [-0.3, -0.25) is 9.59 Å². The third-order valence-electron chi connectivity index (χ3n) is 6.99. The number of carbonyl (C=O) groups is 2. The molecule has 182 valence electrons. The van der Waals surface area contributed by atoms with Crippen LogP contribution in [0.1, 0.15) is 44.4 Å².